The van der Waals surface area contributed by atoms with Gasteiger partial charge in [-0.25, -0.2) is 0 Å². The van der Waals surface area contributed by atoms with Gasteiger partial charge in [0.2, 0.25) is 6.29 Å². The van der Waals surface area contributed by atoms with E-state index in [4.69, 9.17) is 46.9 Å². The molecule has 0 amide bonds. The van der Waals surface area contributed by atoms with Crippen molar-refractivity contribution in [1.82, 2.24) is 0 Å². The Morgan fingerprint density at radius 3 is 1.91 bits per heavy atom. The molecule has 0 radical (unpaired) electrons. The smallest absolute Gasteiger partial charge is 0.229 e. The second-order valence-electron chi connectivity index (χ2n) is 7.99. The van der Waals surface area contributed by atoms with Gasteiger partial charge in [0.05, 0.1) is 30.4 Å². The molecule has 0 aromatic heterocycles. The van der Waals surface area contributed by atoms with Crippen molar-refractivity contribution in [2.45, 2.75) is 68.3 Å². The first-order valence-electron chi connectivity index (χ1n) is 10.3. The first-order chi connectivity index (χ1) is 16.0. The zero-order valence-electron chi connectivity index (χ0n) is 18.2. The molecule has 34 heavy (non-hydrogen) atoms. The predicted molar refractivity (Wildman–Crippen MR) is 115 cm³/mol. The Morgan fingerprint density at radius 1 is 0.794 bits per heavy atom. The molecule has 0 spiro atoms. The van der Waals surface area contributed by atoms with E-state index in [-0.39, 0.29) is 21.5 Å². The summed E-state index contributed by atoms with van der Waals surface area (Å²) in [5.74, 6) is 0.272. The largest absolute Gasteiger partial charge is 0.495 e. The molecule has 2 fully saturated rings. The van der Waals surface area contributed by atoms with Gasteiger partial charge in [0, 0.05) is 6.07 Å². The van der Waals surface area contributed by atoms with E-state index >= 15 is 0 Å². The Hall–Kier alpha value is -1.00. The highest BCUT2D eigenvalue weighted by Crippen LogP contribution is 2.41. The Kier molecular flexibility index (Phi) is 9.23. The van der Waals surface area contributed by atoms with Gasteiger partial charge in [0.25, 0.3) is 0 Å². The number of aliphatic hydroxyl groups excluding tert-OH is 7. The average molecular weight is 531 g/mol. The number of methoxy groups -OCH3 is 1. The molecule has 10 atom stereocenters. The van der Waals surface area contributed by atoms with E-state index in [2.05, 4.69) is 0 Å². The second kappa shape index (κ2) is 11.4. The molecule has 194 valence electrons. The molecule has 14 heteroatoms. The zero-order valence-corrected chi connectivity index (χ0v) is 19.7. The van der Waals surface area contributed by atoms with Gasteiger partial charge in [-0.3, -0.25) is 0 Å². The van der Waals surface area contributed by atoms with Crippen molar-refractivity contribution in [2.24, 2.45) is 0 Å². The van der Waals surface area contributed by atoms with Gasteiger partial charge in [-0.05, 0) is 12.5 Å². The minimum absolute atomic E-state index is 0.0293. The first kappa shape index (κ1) is 27.6. The van der Waals surface area contributed by atoms with Crippen LogP contribution in [0, 0.1) is 6.92 Å². The fraction of sp³-hybridized carbons (Fsp3) is 0.700. The van der Waals surface area contributed by atoms with Gasteiger partial charge in [0.1, 0.15) is 60.3 Å². The van der Waals surface area contributed by atoms with E-state index in [0.717, 1.165) is 0 Å². The Balaban J connectivity index is 1.73. The summed E-state index contributed by atoms with van der Waals surface area (Å²) in [6.45, 7) is 0.469. The van der Waals surface area contributed by atoms with Gasteiger partial charge < -0.3 is 59.4 Å². The average Bonchev–Trinajstić information content (AvgIpc) is 2.83. The number of ether oxygens (including phenoxy) is 5. The molecule has 2 aliphatic rings. The molecule has 0 bridgehead atoms. The van der Waals surface area contributed by atoms with E-state index in [9.17, 15) is 35.7 Å². The highest BCUT2D eigenvalue weighted by Gasteiger charge is 2.48. The van der Waals surface area contributed by atoms with Gasteiger partial charge >= 0.3 is 0 Å². The van der Waals surface area contributed by atoms with E-state index in [1.165, 1.54) is 13.2 Å². The highest BCUT2D eigenvalue weighted by molar-refractivity contribution is 6.37. The molecule has 12 nitrogen and oxygen atoms in total. The monoisotopic (exact) mass is 530 g/mol. The maximum Gasteiger partial charge on any atom is 0.229 e. The van der Waals surface area contributed by atoms with Crippen LogP contribution in [0.25, 0.3) is 0 Å². The van der Waals surface area contributed by atoms with Crippen LogP contribution < -0.4 is 9.47 Å². The van der Waals surface area contributed by atoms with Crippen molar-refractivity contribution in [3.8, 4) is 11.5 Å². The quantitative estimate of drug-likeness (QED) is 0.212. The Labute approximate surface area is 204 Å². The molecular weight excluding hydrogens is 503 g/mol. The molecule has 7 N–H and O–H groups in total. The van der Waals surface area contributed by atoms with Crippen LogP contribution in [0.2, 0.25) is 10.0 Å². The van der Waals surface area contributed by atoms with Gasteiger partial charge in [-0.15, -0.1) is 0 Å². The summed E-state index contributed by atoms with van der Waals surface area (Å²) in [6, 6.07) is 1.37. The fourth-order valence-corrected chi connectivity index (χ4v) is 4.09. The van der Waals surface area contributed by atoms with Gasteiger partial charge in [-0.1, -0.05) is 23.2 Å². The van der Waals surface area contributed by atoms with Crippen LogP contribution >= 0.6 is 23.2 Å². The van der Waals surface area contributed by atoms with Crippen LogP contribution in [0.3, 0.4) is 0 Å². The lowest BCUT2D eigenvalue weighted by Gasteiger charge is -2.42. The minimum Gasteiger partial charge on any atom is -0.495 e. The molecule has 3 rings (SSSR count). The third kappa shape index (κ3) is 5.38. The number of halogens is 2. The van der Waals surface area contributed by atoms with Crippen LogP contribution in [0.5, 0.6) is 11.5 Å². The van der Waals surface area contributed by atoms with Crippen molar-refractivity contribution in [1.29, 1.82) is 0 Å². The normalized spacial score (nSPS) is 38.6. The van der Waals surface area contributed by atoms with Crippen molar-refractivity contribution in [2.75, 3.05) is 20.3 Å². The molecule has 1 aromatic carbocycles. The Bertz CT molecular complexity index is 842. The van der Waals surface area contributed by atoms with Crippen molar-refractivity contribution >= 4 is 23.2 Å². The number of hydrogen-bond acceptors (Lipinski definition) is 12. The molecule has 1 aromatic rings. The summed E-state index contributed by atoms with van der Waals surface area (Å²) in [5.41, 5.74) is 0.436. The maximum atomic E-state index is 10.4. The summed E-state index contributed by atoms with van der Waals surface area (Å²) < 4.78 is 27.0. The van der Waals surface area contributed by atoms with Crippen LogP contribution in [0.15, 0.2) is 6.07 Å². The first-order valence-corrected chi connectivity index (χ1v) is 11.1. The second-order valence-corrected chi connectivity index (χ2v) is 8.75. The van der Waals surface area contributed by atoms with Crippen LogP contribution in [-0.4, -0.2) is 117 Å². The van der Waals surface area contributed by atoms with Crippen LogP contribution in [-0.2, 0) is 14.2 Å². The fourth-order valence-electron chi connectivity index (χ4n) is 3.62. The molecule has 2 heterocycles. The third-order valence-corrected chi connectivity index (χ3v) is 6.70. The van der Waals surface area contributed by atoms with E-state index in [0.29, 0.717) is 5.56 Å². The highest BCUT2D eigenvalue weighted by atomic mass is 35.5. The van der Waals surface area contributed by atoms with Gasteiger partial charge in [-0.2, -0.15) is 0 Å². The van der Waals surface area contributed by atoms with E-state index in [1.807, 2.05) is 0 Å². The summed E-state index contributed by atoms with van der Waals surface area (Å²) in [7, 11) is 1.39. The van der Waals surface area contributed by atoms with Crippen LogP contribution in [0.1, 0.15) is 5.56 Å². The van der Waals surface area contributed by atoms with Crippen LogP contribution in [0.4, 0.5) is 0 Å². The summed E-state index contributed by atoms with van der Waals surface area (Å²) in [6.07, 6.45) is -15.4. The number of rotatable bonds is 7. The van der Waals surface area contributed by atoms with E-state index in [1.54, 1.807) is 6.92 Å². The summed E-state index contributed by atoms with van der Waals surface area (Å²) in [5, 5.41) is 70.4. The molecular formula is C20H28Cl2O12. The predicted octanol–water partition coefficient (Wildman–Crippen LogP) is -1.69. The topological polar surface area (TPSA) is 188 Å². The lowest BCUT2D eigenvalue weighted by molar-refractivity contribution is -0.323. The molecule has 0 aliphatic carbocycles. The van der Waals surface area contributed by atoms with Crippen molar-refractivity contribution < 1.29 is 59.4 Å². The summed E-state index contributed by atoms with van der Waals surface area (Å²) in [4.78, 5) is 0. The summed E-state index contributed by atoms with van der Waals surface area (Å²) >= 11 is 12.4. The van der Waals surface area contributed by atoms with Crippen molar-refractivity contribution in [3.63, 3.8) is 0 Å². The lowest BCUT2D eigenvalue weighted by atomic mass is 9.98. The minimum atomic E-state index is -1.71. The van der Waals surface area contributed by atoms with Crippen molar-refractivity contribution in [3.05, 3.63) is 21.7 Å². The number of benzene rings is 1. The third-order valence-electron chi connectivity index (χ3n) is 5.76. The zero-order chi connectivity index (χ0) is 25.3. The lowest BCUT2D eigenvalue weighted by Crippen LogP contribution is -2.62. The standard InChI is InChI=1S/C20H28Cl2O12/c1-6-11(21)7(30-2)3-8(12(6)22)32-20-18(29)16(27)14(25)10(34-20)5-31-19-17(28)15(26)13(24)9(4-23)33-19/h3,9-10,13-20,23-29H,4-5H2,1-2H3/t9-,10-,13-,14-,15+,16+,17-,18-,19-,20-/m1/s1. The number of aliphatic hydroxyl groups is 7. The molecule has 0 unspecified atom stereocenters. The molecule has 2 saturated heterocycles. The van der Waals surface area contributed by atoms with Gasteiger partial charge in [0.15, 0.2) is 6.29 Å². The molecule has 2 aliphatic heterocycles. The number of hydrogen-bond donors (Lipinski definition) is 7. The Morgan fingerprint density at radius 2 is 1.32 bits per heavy atom. The SMILES string of the molecule is COc1cc(O[C@@H]2O[C@H](CO[C@@H]3O[C@H](CO)[C@@H](O)[C@H](O)[C@H]3O)[C@@H](O)[C@H](O)[C@H]2O)c(Cl)c(C)c1Cl. The van der Waals surface area contributed by atoms with E-state index < -0.39 is 74.6 Å². The maximum absolute atomic E-state index is 10.4. The molecule has 0 saturated carbocycles.